The molecule has 34 heavy (non-hydrogen) atoms. The number of alkyl halides is 3. The Kier molecular flexibility index (Phi) is 8.27. The second-order valence-corrected chi connectivity index (χ2v) is 8.65. The molecule has 2 aliphatic heterocycles. The lowest BCUT2D eigenvalue weighted by Gasteiger charge is -2.38. The van der Waals surface area contributed by atoms with Gasteiger partial charge in [0, 0.05) is 25.8 Å². The van der Waals surface area contributed by atoms with E-state index in [0.29, 0.717) is 12.3 Å². The normalized spacial score (nSPS) is 19.8. The molecule has 0 aliphatic carbocycles. The Hall–Kier alpha value is -2.98. The molecule has 1 unspecified atom stereocenters. The zero-order valence-electron chi connectivity index (χ0n) is 18.8. The molecule has 0 saturated carbocycles. The average molecular weight is 479 g/mol. The number of halogens is 3. The predicted molar refractivity (Wildman–Crippen MR) is 118 cm³/mol. The van der Waals surface area contributed by atoms with Crippen molar-refractivity contribution in [1.29, 1.82) is 0 Å². The third kappa shape index (κ3) is 7.26. The molecule has 1 aromatic carbocycles. The number of nitrogens with zero attached hydrogens (tertiary/aromatic N) is 2. The number of aromatic nitrogens is 1. The first kappa shape index (κ1) is 25.6. The van der Waals surface area contributed by atoms with Gasteiger partial charge in [0.05, 0.1) is 18.2 Å². The third-order valence-corrected chi connectivity index (χ3v) is 5.98. The molecule has 0 radical (unpaired) electrons. The number of pyridine rings is 1. The number of carboxylic acids is 1. The van der Waals surface area contributed by atoms with Crippen molar-refractivity contribution in [2.24, 2.45) is 0 Å². The Labute approximate surface area is 195 Å². The largest absolute Gasteiger partial charge is 0.490 e. The number of benzene rings is 1. The van der Waals surface area contributed by atoms with Crippen LogP contribution in [0.25, 0.3) is 0 Å². The minimum absolute atomic E-state index is 0.0724. The number of aliphatic carboxylic acids is 1. The number of carboxylic acid groups (broad SMARTS) is 1. The highest BCUT2D eigenvalue weighted by Crippen LogP contribution is 2.36. The van der Waals surface area contributed by atoms with Gasteiger partial charge in [-0.2, -0.15) is 13.2 Å². The number of ether oxygens (including phenoxy) is 1. The van der Waals surface area contributed by atoms with Crippen LogP contribution in [0.1, 0.15) is 40.9 Å². The van der Waals surface area contributed by atoms with Crippen LogP contribution in [-0.2, 0) is 16.1 Å². The fourth-order valence-corrected chi connectivity index (χ4v) is 4.11. The van der Waals surface area contributed by atoms with Crippen LogP contribution in [0, 0.1) is 6.92 Å². The standard InChI is InChI=1S/C22H27N3O2.C2HF3O2/c1-17-5-7-18(8-6-17)15-25-12-9-22(10-13-25)14-19(16-27-22)24-21(26)20-4-2-3-11-23-20;3-2(4,5)1(6)7/h2-8,11,19H,9-10,12-16H2,1H3,(H,24,26);(H,6,7). The maximum absolute atomic E-state index is 12.3. The van der Waals surface area contributed by atoms with Crippen molar-refractivity contribution in [2.75, 3.05) is 19.7 Å². The summed E-state index contributed by atoms with van der Waals surface area (Å²) in [5, 5.41) is 10.2. The third-order valence-electron chi connectivity index (χ3n) is 5.98. The summed E-state index contributed by atoms with van der Waals surface area (Å²) >= 11 is 0. The van der Waals surface area contributed by atoms with Crippen molar-refractivity contribution in [2.45, 2.75) is 50.6 Å². The van der Waals surface area contributed by atoms with Gasteiger partial charge in [-0.05, 0) is 43.9 Å². The Morgan fingerprint density at radius 3 is 2.38 bits per heavy atom. The monoisotopic (exact) mass is 479 g/mol. The van der Waals surface area contributed by atoms with Gasteiger partial charge in [0.15, 0.2) is 0 Å². The summed E-state index contributed by atoms with van der Waals surface area (Å²) in [4.78, 5) is 27.8. The van der Waals surface area contributed by atoms with E-state index in [2.05, 4.69) is 46.4 Å². The van der Waals surface area contributed by atoms with Crippen LogP contribution in [0.2, 0.25) is 0 Å². The lowest BCUT2D eigenvalue weighted by Crippen LogP contribution is -2.44. The van der Waals surface area contributed by atoms with Crippen LogP contribution in [-0.4, -0.2) is 64.4 Å². The van der Waals surface area contributed by atoms with Crippen LogP contribution < -0.4 is 5.32 Å². The molecule has 4 rings (SSSR count). The van der Waals surface area contributed by atoms with E-state index in [9.17, 15) is 18.0 Å². The molecule has 1 amide bonds. The van der Waals surface area contributed by atoms with Gasteiger partial charge in [-0.1, -0.05) is 35.9 Å². The summed E-state index contributed by atoms with van der Waals surface area (Å²) in [5.74, 6) is -2.87. The molecule has 2 aliphatic rings. The molecular formula is C24H28F3N3O4. The number of aryl methyl sites for hydroxylation is 1. The maximum Gasteiger partial charge on any atom is 0.490 e. The molecular weight excluding hydrogens is 451 g/mol. The molecule has 1 aromatic heterocycles. The lowest BCUT2D eigenvalue weighted by atomic mass is 9.87. The quantitative estimate of drug-likeness (QED) is 0.697. The van der Waals surface area contributed by atoms with E-state index in [1.165, 1.54) is 11.1 Å². The second kappa shape index (κ2) is 11.0. The number of hydrogen-bond acceptors (Lipinski definition) is 5. The van der Waals surface area contributed by atoms with E-state index in [4.69, 9.17) is 14.6 Å². The summed E-state index contributed by atoms with van der Waals surface area (Å²) in [6.45, 7) is 5.78. The van der Waals surface area contributed by atoms with Crippen molar-refractivity contribution in [3.8, 4) is 0 Å². The first-order valence-corrected chi connectivity index (χ1v) is 11.0. The Morgan fingerprint density at radius 2 is 1.82 bits per heavy atom. The van der Waals surface area contributed by atoms with Gasteiger partial charge < -0.3 is 15.2 Å². The van der Waals surface area contributed by atoms with Gasteiger partial charge in [0.2, 0.25) is 0 Å². The average Bonchev–Trinajstić information content (AvgIpc) is 3.19. The summed E-state index contributed by atoms with van der Waals surface area (Å²) < 4.78 is 37.9. The molecule has 3 heterocycles. The Bertz CT molecular complexity index is 960. The smallest absolute Gasteiger partial charge is 0.475 e. The van der Waals surface area contributed by atoms with E-state index in [-0.39, 0.29) is 17.6 Å². The highest BCUT2D eigenvalue weighted by atomic mass is 19.4. The van der Waals surface area contributed by atoms with Crippen molar-refractivity contribution in [3.05, 3.63) is 65.5 Å². The van der Waals surface area contributed by atoms with Crippen LogP contribution >= 0.6 is 0 Å². The first-order valence-electron chi connectivity index (χ1n) is 11.0. The summed E-state index contributed by atoms with van der Waals surface area (Å²) in [6, 6.07) is 14.2. The maximum atomic E-state index is 12.3. The molecule has 2 N–H and O–H groups in total. The van der Waals surface area contributed by atoms with Crippen LogP contribution in [0.5, 0.6) is 0 Å². The predicted octanol–water partition coefficient (Wildman–Crippen LogP) is 3.58. The molecule has 184 valence electrons. The van der Waals surface area contributed by atoms with Gasteiger partial charge in [0.25, 0.3) is 5.91 Å². The van der Waals surface area contributed by atoms with E-state index in [1.807, 2.05) is 12.1 Å². The molecule has 0 bridgehead atoms. The summed E-state index contributed by atoms with van der Waals surface area (Å²) in [5.41, 5.74) is 3.05. The molecule has 2 fully saturated rings. The summed E-state index contributed by atoms with van der Waals surface area (Å²) in [6.07, 6.45) is -0.501. The number of carbonyl (C=O) groups excluding carboxylic acids is 1. The molecule has 1 spiro atoms. The number of nitrogens with one attached hydrogen (secondary N) is 1. The van der Waals surface area contributed by atoms with E-state index in [1.54, 1.807) is 12.3 Å². The lowest BCUT2D eigenvalue weighted by molar-refractivity contribution is -0.192. The molecule has 2 aromatic rings. The van der Waals surface area contributed by atoms with Gasteiger partial charge in [-0.25, -0.2) is 4.79 Å². The van der Waals surface area contributed by atoms with E-state index >= 15 is 0 Å². The molecule has 1 atom stereocenters. The number of amides is 1. The molecule has 7 nitrogen and oxygen atoms in total. The number of carbonyl (C=O) groups is 2. The fraction of sp³-hybridized carbons (Fsp3) is 0.458. The number of piperidine rings is 1. The number of likely N-dealkylation sites (tertiary alicyclic amines) is 1. The topological polar surface area (TPSA) is 91.8 Å². The van der Waals surface area contributed by atoms with Crippen LogP contribution in [0.4, 0.5) is 13.2 Å². The minimum atomic E-state index is -5.08. The summed E-state index contributed by atoms with van der Waals surface area (Å²) in [7, 11) is 0. The number of rotatable bonds is 4. The Morgan fingerprint density at radius 1 is 1.18 bits per heavy atom. The highest BCUT2D eigenvalue weighted by molar-refractivity contribution is 5.92. The zero-order valence-corrected chi connectivity index (χ0v) is 18.8. The number of hydrogen-bond donors (Lipinski definition) is 2. The molecule has 2 saturated heterocycles. The fourth-order valence-electron chi connectivity index (χ4n) is 4.11. The van der Waals surface area contributed by atoms with Crippen LogP contribution in [0.3, 0.4) is 0 Å². The van der Waals surface area contributed by atoms with Gasteiger partial charge in [-0.3, -0.25) is 14.7 Å². The van der Waals surface area contributed by atoms with Crippen LogP contribution in [0.15, 0.2) is 48.7 Å². The second-order valence-electron chi connectivity index (χ2n) is 8.65. The van der Waals surface area contributed by atoms with Crippen molar-refractivity contribution < 1.29 is 32.6 Å². The highest BCUT2D eigenvalue weighted by Gasteiger charge is 2.43. The van der Waals surface area contributed by atoms with Crippen molar-refractivity contribution >= 4 is 11.9 Å². The zero-order chi connectivity index (χ0) is 24.8. The first-order chi connectivity index (χ1) is 16.1. The van der Waals surface area contributed by atoms with E-state index < -0.39 is 12.1 Å². The Balaban J connectivity index is 0.000000406. The van der Waals surface area contributed by atoms with Gasteiger partial charge in [0.1, 0.15) is 5.69 Å². The van der Waals surface area contributed by atoms with Crippen molar-refractivity contribution in [1.82, 2.24) is 15.2 Å². The van der Waals surface area contributed by atoms with Gasteiger partial charge in [-0.15, -0.1) is 0 Å². The van der Waals surface area contributed by atoms with Gasteiger partial charge >= 0.3 is 12.1 Å². The SMILES string of the molecule is Cc1ccc(CN2CCC3(CC2)CC(NC(=O)c2ccccn2)CO3)cc1.O=C(O)C(F)(F)F. The molecule has 10 heteroatoms. The van der Waals surface area contributed by atoms with Crippen molar-refractivity contribution in [3.63, 3.8) is 0 Å². The van der Waals surface area contributed by atoms with E-state index in [0.717, 1.165) is 38.9 Å². The minimum Gasteiger partial charge on any atom is -0.475 e.